The molecule has 31 heavy (non-hydrogen) atoms. The van der Waals surface area contributed by atoms with Crippen LogP contribution in [0.1, 0.15) is 21.6 Å². The molecule has 0 bridgehead atoms. The molecule has 0 unspecified atom stereocenters. The van der Waals surface area contributed by atoms with Gasteiger partial charge in [-0.1, -0.05) is 46.3 Å². The highest BCUT2D eigenvalue weighted by atomic mass is 79.9. The van der Waals surface area contributed by atoms with Crippen LogP contribution in [-0.4, -0.2) is 27.4 Å². The van der Waals surface area contributed by atoms with Crippen molar-refractivity contribution in [3.63, 3.8) is 0 Å². The highest BCUT2D eigenvalue weighted by Crippen LogP contribution is 2.32. The number of nitrogens with zero attached hydrogens (tertiary/aromatic N) is 2. The van der Waals surface area contributed by atoms with Gasteiger partial charge in [0.15, 0.2) is 5.82 Å². The summed E-state index contributed by atoms with van der Waals surface area (Å²) in [4.78, 5) is 24.7. The zero-order valence-corrected chi connectivity index (χ0v) is 18.1. The average Bonchev–Trinajstić information content (AvgIpc) is 3.25. The van der Waals surface area contributed by atoms with Crippen molar-refractivity contribution in [2.75, 3.05) is 6.54 Å². The van der Waals surface area contributed by atoms with E-state index in [1.54, 1.807) is 6.20 Å². The second kappa shape index (κ2) is 8.35. The largest absolute Gasteiger partial charge is 0.488 e. The maximum atomic E-state index is 12.1. The number of carbonyl (C=O) groups is 1. The molecule has 3 heterocycles. The van der Waals surface area contributed by atoms with E-state index < -0.39 is 0 Å². The lowest BCUT2D eigenvalue weighted by atomic mass is 10.1. The quantitative estimate of drug-likeness (QED) is 0.436. The Morgan fingerprint density at radius 1 is 1.03 bits per heavy atom. The van der Waals surface area contributed by atoms with Crippen molar-refractivity contribution in [2.24, 2.45) is 0 Å². The van der Waals surface area contributed by atoms with Crippen LogP contribution in [-0.2, 0) is 13.0 Å². The monoisotopic (exact) mass is 474 g/mol. The molecular weight excluding hydrogens is 456 g/mol. The van der Waals surface area contributed by atoms with Crippen LogP contribution in [0.5, 0.6) is 5.75 Å². The Labute approximate surface area is 187 Å². The number of aromatic amines is 1. The second-order valence-electron chi connectivity index (χ2n) is 7.26. The van der Waals surface area contributed by atoms with E-state index in [0.717, 1.165) is 39.1 Å². The summed E-state index contributed by atoms with van der Waals surface area (Å²) in [6.45, 7) is 1.09. The molecule has 1 aliphatic rings. The van der Waals surface area contributed by atoms with Gasteiger partial charge in [-0.05, 0) is 35.9 Å². The fraction of sp³-hybridized carbons (Fsp3) is 0.125. The summed E-state index contributed by atoms with van der Waals surface area (Å²) in [6, 6.07) is 19.5. The van der Waals surface area contributed by atoms with Crippen molar-refractivity contribution in [1.82, 2.24) is 20.3 Å². The van der Waals surface area contributed by atoms with Crippen LogP contribution in [0, 0.1) is 0 Å². The second-order valence-corrected chi connectivity index (χ2v) is 8.18. The molecule has 7 heteroatoms. The number of H-pyrrole nitrogens is 1. The Hall–Kier alpha value is -3.45. The van der Waals surface area contributed by atoms with Crippen molar-refractivity contribution in [3.05, 3.63) is 88.2 Å². The van der Waals surface area contributed by atoms with Gasteiger partial charge in [0.1, 0.15) is 12.4 Å². The number of amides is 1. The van der Waals surface area contributed by atoms with Gasteiger partial charge >= 0.3 is 0 Å². The van der Waals surface area contributed by atoms with Gasteiger partial charge in [0.2, 0.25) is 0 Å². The predicted molar refractivity (Wildman–Crippen MR) is 122 cm³/mol. The Morgan fingerprint density at radius 2 is 1.90 bits per heavy atom. The fourth-order valence-corrected chi connectivity index (χ4v) is 3.97. The number of aromatic nitrogens is 3. The molecule has 2 aromatic heterocycles. The van der Waals surface area contributed by atoms with Crippen LogP contribution in [0.15, 0.2) is 71.3 Å². The molecule has 6 nitrogen and oxygen atoms in total. The van der Waals surface area contributed by atoms with Crippen LogP contribution >= 0.6 is 15.9 Å². The minimum atomic E-state index is -0.0541. The van der Waals surface area contributed by atoms with E-state index in [2.05, 4.69) is 31.2 Å². The third-order valence-corrected chi connectivity index (χ3v) is 5.65. The number of benzene rings is 2. The van der Waals surface area contributed by atoms with Gasteiger partial charge in [-0.25, -0.2) is 9.97 Å². The van der Waals surface area contributed by atoms with Crippen molar-refractivity contribution in [1.29, 1.82) is 0 Å². The summed E-state index contributed by atoms with van der Waals surface area (Å²) in [6.07, 6.45) is 2.50. The van der Waals surface area contributed by atoms with E-state index in [1.807, 2.05) is 60.7 Å². The molecule has 154 valence electrons. The normalized spacial score (nSPS) is 12.9. The lowest BCUT2D eigenvalue weighted by molar-refractivity contribution is 0.0946. The summed E-state index contributed by atoms with van der Waals surface area (Å²) >= 11 is 3.54. The summed E-state index contributed by atoms with van der Waals surface area (Å²) in [5, 5.41) is 2.87. The molecule has 2 N–H and O–H groups in total. The molecule has 0 aliphatic carbocycles. The summed E-state index contributed by atoms with van der Waals surface area (Å²) in [5.74, 6) is 1.20. The Bertz CT molecular complexity index is 1250. The van der Waals surface area contributed by atoms with E-state index in [1.165, 1.54) is 0 Å². The van der Waals surface area contributed by atoms with Crippen LogP contribution in [0.25, 0.3) is 22.8 Å². The van der Waals surface area contributed by atoms with Gasteiger partial charge in [-0.3, -0.25) is 4.79 Å². The Balaban J connectivity index is 1.48. The zero-order chi connectivity index (χ0) is 21.2. The molecule has 1 amide bonds. The fourth-order valence-electron chi connectivity index (χ4n) is 3.61. The summed E-state index contributed by atoms with van der Waals surface area (Å²) in [7, 11) is 0. The molecule has 1 aliphatic heterocycles. The first-order valence-electron chi connectivity index (χ1n) is 9.97. The van der Waals surface area contributed by atoms with Gasteiger partial charge in [-0.15, -0.1) is 0 Å². The molecule has 0 fully saturated rings. The van der Waals surface area contributed by atoms with E-state index in [-0.39, 0.29) is 5.91 Å². The Kier molecular flexibility index (Phi) is 5.26. The predicted octanol–water partition coefficient (Wildman–Crippen LogP) is 4.77. The maximum absolute atomic E-state index is 12.1. The molecule has 0 spiro atoms. The minimum Gasteiger partial charge on any atom is -0.488 e. The molecule has 0 saturated heterocycles. The summed E-state index contributed by atoms with van der Waals surface area (Å²) < 4.78 is 7.01. The molecule has 4 aromatic rings. The van der Waals surface area contributed by atoms with Crippen molar-refractivity contribution in [2.45, 2.75) is 13.0 Å². The molecule has 2 aromatic carbocycles. The van der Waals surface area contributed by atoms with Gasteiger partial charge in [0, 0.05) is 29.3 Å². The van der Waals surface area contributed by atoms with Crippen LogP contribution < -0.4 is 10.1 Å². The molecular formula is C24H19BrN4O2. The first-order valence-corrected chi connectivity index (χ1v) is 10.8. The van der Waals surface area contributed by atoms with Gasteiger partial charge < -0.3 is 15.0 Å². The van der Waals surface area contributed by atoms with Crippen LogP contribution in [0.2, 0.25) is 0 Å². The number of ether oxygens (including phenoxy) is 1. The minimum absolute atomic E-state index is 0.0541. The SMILES string of the molecule is O=C1NCCc2[nH]c(-c3ccnc(-c4cc(Br)ccc4OCc4ccccc4)n3)cc21. The third-order valence-electron chi connectivity index (χ3n) is 5.16. The molecule has 5 rings (SSSR count). The zero-order valence-electron chi connectivity index (χ0n) is 16.6. The molecule has 0 saturated carbocycles. The van der Waals surface area contributed by atoms with Crippen molar-refractivity contribution < 1.29 is 9.53 Å². The Morgan fingerprint density at radius 3 is 2.74 bits per heavy atom. The number of nitrogens with one attached hydrogen (secondary N) is 2. The number of rotatable bonds is 5. The number of fused-ring (bicyclic) bond motifs is 1. The van der Waals surface area contributed by atoms with Gasteiger partial charge in [0.25, 0.3) is 5.91 Å². The van der Waals surface area contributed by atoms with E-state index in [4.69, 9.17) is 9.72 Å². The van der Waals surface area contributed by atoms with E-state index in [0.29, 0.717) is 30.3 Å². The lowest BCUT2D eigenvalue weighted by Gasteiger charge is -2.12. The van der Waals surface area contributed by atoms with Gasteiger partial charge in [0.05, 0.1) is 22.5 Å². The van der Waals surface area contributed by atoms with Crippen molar-refractivity contribution in [3.8, 4) is 28.5 Å². The van der Waals surface area contributed by atoms with E-state index in [9.17, 15) is 4.79 Å². The van der Waals surface area contributed by atoms with Crippen LogP contribution in [0.4, 0.5) is 0 Å². The van der Waals surface area contributed by atoms with E-state index >= 15 is 0 Å². The summed E-state index contributed by atoms with van der Waals surface area (Å²) in [5.41, 5.74) is 5.01. The molecule has 0 radical (unpaired) electrons. The first kappa shape index (κ1) is 19.5. The average molecular weight is 475 g/mol. The first-order chi connectivity index (χ1) is 15.2. The maximum Gasteiger partial charge on any atom is 0.253 e. The van der Waals surface area contributed by atoms with Gasteiger partial charge in [-0.2, -0.15) is 0 Å². The highest BCUT2D eigenvalue weighted by Gasteiger charge is 2.21. The number of halogens is 1. The third kappa shape index (κ3) is 4.09. The number of hydrogen-bond acceptors (Lipinski definition) is 4. The van der Waals surface area contributed by atoms with Crippen LogP contribution in [0.3, 0.4) is 0 Å². The molecule has 0 atom stereocenters. The smallest absolute Gasteiger partial charge is 0.253 e. The number of carbonyl (C=O) groups excluding carboxylic acids is 1. The highest BCUT2D eigenvalue weighted by molar-refractivity contribution is 9.10. The number of hydrogen-bond donors (Lipinski definition) is 2. The lowest BCUT2D eigenvalue weighted by Crippen LogP contribution is -2.31. The topological polar surface area (TPSA) is 79.9 Å². The van der Waals surface area contributed by atoms with Crippen molar-refractivity contribution >= 4 is 21.8 Å². The standard InChI is InChI=1S/C24H19BrN4O2/c25-16-6-7-22(31-14-15-4-2-1-3-5-15)18(12-16)23-26-10-9-20(29-23)21-13-17-19(28-21)8-11-27-24(17)30/h1-7,9-10,12-13,28H,8,11,14H2,(H,27,30).